The van der Waals surface area contributed by atoms with Gasteiger partial charge in [-0.2, -0.15) is 0 Å². The lowest BCUT2D eigenvalue weighted by molar-refractivity contribution is 0.142. The van der Waals surface area contributed by atoms with Gasteiger partial charge in [-0.15, -0.1) is 0 Å². The van der Waals surface area contributed by atoms with Crippen molar-refractivity contribution in [1.29, 1.82) is 0 Å². The first-order valence-corrected chi connectivity index (χ1v) is 10.9. The van der Waals surface area contributed by atoms with Crippen LogP contribution in [0, 0.1) is 11.8 Å². The van der Waals surface area contributed by atoms with E-state index < -0.39 is 11.3 Å². The molecule has 1 aromatic rings. The van der Waals surface area contributed by atoms with Gasteiger partial charge in [-0.05, 0) is 35.9 Å². The molecule has 0 spiro atoms. The third-order valence-electron chi connectivity index (χ3n) is 6.18. The molecule has 0 radical (unpaired) electrons. The maximum atomic E-state index is 10.9. The number of rotatable bonds is 11. The number of fused-ring (bicyclic) bond motifs is 1. The molecule has 3 atom stereocenters. The summed E-state index contributed by atoms with van der Waals surface area (Å²) in [4.78, 5) is 2.62. The second-order valence-corrected chi connectivity index (χ2v) is 8.56. The predicted molar refractivity (Wildman–Crippen MR) is 105 cm³/mol. The molecule has 3 unspecified atom stereocenters. The maximum Gasteiger partial charge on any atom is 0.232 e. The Kier molecular flexibility index (Phi) is 6.86. The topological polar surface area (TPSA) is 61.8 Å². The highest BCUT2D eigenvalue weighted by Gasteiger charge is 2.68. The molecule has 3 rings (SSSR count). The number of hydrogen-bond acceptors (Lipinski definition) is 3. The molecule has 1 saturated carbocycles. The summed E-state index contributed by atoms with van der Waals surface area (Å²) in [5.41, 5.74) is 2.49. The summed E-state index contributed by atoms with van der Waals surface area (Å²) in [7, 11) is 1.79. The van der Waals surface area contributed by atoms with Crippen LogP contribution in [0.25, 0.3) is 0 Å². The molecule has 6 heteroatoms. The lowest BCUT2D eigenvalue weighted by Gasteiger charge is -2.27. The lowest BCUT2D eigenvalue weighted by atomic mass is 9.89. The van der Waals surface area contributed by atoms with Crippen molar-refractivity contribution in [2.24, 2.45) is 11.8 Å². The zero-order chi connectivity index (χ0) is 18.6. The molecular formula is C20H32N2O3S. The minimum Gasteiger partial charge on any atom is -0.384 e. The number of ether oxygens (including phenoxy) is 1. The van der Waals surface area contributed by atoms with Crippen molar-refractivity contribution in [3.05, 3.63) is 35.4 Å². The summed E-state index contributed by atoms with van der Waals surface area (Å²) in [6.07, 6.45) is 5.28. The van der Waals surface area contributed by atoms with E-state index in [9.17, 15) is 4.21 Å². The summed E-state index contributed by atoms with van der Waals surface area (Å²) < 4.78 is 28.0. The summed E-state index contributed by atoms with van der Waals surface area (Å²) in [5, 5.41) is 0. The quantitative estimate of drug-likeness (QED) is 0.458. The number of likely N-dealkylation sites (tertiary alicyclic amines) is 1. The monoisotopic (exact) mass is 380 g/mol. The Morgan fingerprint density at radius 3 is 2.73 bits per heavy atom. The molecule has 0 aromatic heterocycles. The van der Waals surface area contributed by atoms with E-state index in [0.717, 1.165) is 12.2 Å². The third-order valence-corrected chi connectivity index (χ3v) is 6.58. The van der Waals surface area contributed by atoms with Crippen molar-refractivity contribution in [2.45, 2.75) is 44.6 Å². The van der Waals surface area contributed by atoms with E-state index in [0.29, 0.717) is 18.4 Å². The highest BCUT2D eigenvalue weighted by molar-refractivity contribution is 7.77. The molecule has 26 heavy (non-hydrogen) atoms. The molecular weight excluding hydrogens is 348 g/mol. The number of nitrogens with one attached hydrogen (secondary N) is 1. The van der Waals surface area contributed by atoms with Crippen LogP contribution in [0.15, 0.2) is 24.3 Å². The highest BCUT2D eigenvalue weighted by atomic mass is 32.2. The predicted octanol–water partition coefficient (Wildman–Crippen LogP) is 2.94. The highest BCUT2D eigenvalue weighted by Crippen LogP contribution is 2.63. The maximum absolute atomic E-state index is 10.9. The van der Waals surface area contributed by atoms with Crippen molar-refractivity contribution in [2.75, 3.05) is 33.4 Å². The zero-order valence-corrected chi connectivity index (χ0v) is 16.8. The summed E-state index contributed by atoms with van der Waals surface area (Å²) in [5.74, 6) is 1.34. The van der Waals surface area contributed by atoms with Crippen molar-refractivity contribution in [3.63, 3.8) is 0 Å². The Bertz CT molecular complexity index is 613. The molecule has 1 heterocycles. The third kappa shape index (κ3) is 4.20. The van der Waals surface area contributed by atoms with Crippen LogP contribution < -0.4 is 4.72 Å². The molecule has 1 aliphatic carbocycles. The van der Waals surface area contributed by atoms with Gasteiger partial charge in [0.15, 0.2) is 0 Å². The number of piperidine rings is 1. The minimum absolute atomic E-state index is 0.128. The Morgan fingerprint density at radius 1 is 1.31 bits per heavy atom. The largest absolute Gasteiger partial charge is 0.384 e. The van der Waals surface area contributed by atoms with Crippen LogP contribution in [-0.4, -0.2) is 47.0 Å². The molecule has 2 N–H and O–H groups in total. The van der Waals surface area contributed by atoms with E-state index >= 15 is 0 Å². The van der Waals surface area contributed by atoms with Crippen LogP contribution in [0.5, 0.6) is 0 Å². The minimum atomic E-state index is -1.98. The van der Waals surface area contributed by atoms with Gasteiger partial charge in [-0.1, -0.05) is 50.5 Å². The van der Waals surface area contributed by atoms with E-state index in [2.05, 4.69) is 34.7 Å². The Labute approximate surface area is 159 Å². The average Bonchev–Trinajstić information content (AvgIpc) is 3.01. The molecule has 2 fully saturated rings. The Hall–Kier alpha value is -0.790. The van der Waals surface area contributed by atoms with E-state index in [1.54, 1.807) is 7.11 Å². The van der Waals surface area contributed by atoms with Crippen LogP contribution in [-0.2, 0) is 28.0 Å². The van der Waals surface area contributed by atoms with Gasteiger partial charge in [-0.3, -0.25) is 4.55 Å². The average molecular weight is 381 g/mol. The number of benzene rings is 1. The molecule has 146 valence electrons. The van der Waals surface area contributed by atoms with Gasteiger partial charge in [0.2, 0.25) is 11.3 Å². The summed E-state index contributed by atoms with van der Waals surface area (Å²) in [6, 6.07) is 8.44. The molecule has 5 nitrogen and oxygen atoms in total. The fourth-order valence-electron chi connectivity index (χ4n) is 4.84. The zero-order valence-electron chi connectivity index (χ0n) is 15.9. The van der Waals surface area contributed by atoms with Crippen molar-refractivity contribution < 1.29 is 13.5 Å². The van der Waals surface area contributed by atoms with Crippen LogP contribution in [0.4, 0.5) is 0 Å². The Morgan fingerprint density at radius 2 is 2.08 bits per heavy atom. The van der Waals surface area contributed by atoms with Crippen molar-refractivity contribution >= 4 is 11.3 Å². The fourth-order valence-corrected chi connectivity index (χ4v) is 5.13. The molecule has 1 aromatic carbocycles. The van der Waals surface area contributed by atoms with E-state index in [1.165, 1.54) is 50.9 Å². The summed E-state index contributed by atoms with van der Waals surface area (Å²) >= 11 is -1.98. The first kappa shape index (κ1) is 20.0. The van der Waals surface area contributed by atoms with E-state index in [1.807, 2.05) is 6.07 Å². The standard InChI is InChI=1S/C20H32N2O3S/c1-3-4-5-6-10-22-13-18-19(14-22)20(18,15-25-2)17-9-7-8-16(11-17)12-21-26(23)24/h7-9,11,18-19,21H,3-6,10,12-15H2,1-2H3,(H,23,24). The van der Waals surface area contributed by atoms with Gasteiger partial charge in [0.1, 0.15) is 0 Å². The fraction of sp³-hybridized carbons (Fsp3) is 0.700. The molecule has 0 amide bonds. The molecule has 0 bridgehead atoms. The number of methoxy groups -OCH3 is 1. The summed E-state index contributed by atoms with van der Waals surface area (Å²) in [6.45, 7) is 6.98. The second-order valence-electron chi connectivity index (χ2n) is 7.78. The van der Waals surface area contributed by atoms with Gasteiger partial charge < -0.3 is 9.64 Å². The van der Waals surface area contributed by atoms with Crippen molar-refractivity contribution in [1.82, 2.24) is 9.62 Å². The van der Waals surface area contributed by atoms with E-state index in [4.69, 9.17) is 9.29 Å². The lowest BCUT2D eigenvalue weighted by Crippen LogP contribution is -2.33. The van der Waals surface area contributed by atoms with Crippen molar-refractivity contribution in [3.8, 4) is 0 Å². The van der Waals surface area contributed by atoms with Crippen LogP contribution >= 0.6 is 0 Å². The van der Waals surface area contributed by atoms with Crippen LogP contribution in [0.3, 0.4) is 0 Å². The van der Waals surface area contributed by atoms with Crippen LogP contribution in [0.1, 0.15) is 43.7 Å². The van der Waals surface area contributed by atoms with Gasteiger partial charge >= 0.3 is 0 Å². The van der Waals surface area contributed by atoms with Crippen LogP contribution in [0.2, 0.25) is 0 Å². The Balaban J connectivity index is 1.63. The first-order valence-electron chi connectivity index (χ1n) is 9.77. The molecule has 1 saturated heterocycles. The van der Waals surface area contributed by atoms with Gasteiger partial charge in [-0.25, -0.2) is 8.93 Å². The number of nitrogens with zero attached hydrogens (tertiary/aromatic N) is 1. The normalized spacial score (nSPS) is 28.9. The first-order chi connectivity index (χ1) is 12.6. The van der Waals surface area contributed by atoms with Gasteiger partial charge in [0.05, 0.1) is 6.61 Å². The SMILES string of the molecule is CCCCCCN1CC2C(C1)C2(COC)c1cccc(CNS(=O)O)c1. The van der Waals surface area contributed by atoms with Gasteiger partial charge in [0.25, 0.3) is 0 Å². The molecule has 2 aliphatic rings. The second kappa shape index (κ2) is 8.93. The number of hydrogen-bond donors (Lipinski definition) is 2. The smallest absolute Gasteiger partial charge is 0.232 e. The van der Waals surface area contributed by atoms with Gasteiger partial charge in [0, 0.05) is 32.2 Å². The molecule has 1 aliphatic heterocycles. The number of unbranched alkanes of at least 4 members (excludes halogenated alkanes) is 3. The van der Waals surface area contributed by atoms with E-state index in [-0.39, 0.29) is 5.41 Å².